The van der Waals surface area contributed by atoms with Gasteiger partial charge in [-0.2, -0.15) is 10.2 Å². The second-order valence-electron chi connectivity index (χ2n) is 5.83. The maximum Gasteiger partial charge on any atom is 0.289 e. The average molecular weight is 334 g/mol. The van der Waals surface area contributed by atoms with E-state index in [0.29, 0.717) is 11.3 Å². The Bertz CT molecular complexity index is 960. The van der Waals surface area contributed by atoms with Gasteiger partial charge in [0, 0.05) is 11.1 Å². The number of hydrazone groups is 1. The first-order chi connectivity index (χ1) is 12.2. The van der Waals surface area contributed by atoms with Crippen LogP contribution in [-0.4, -0.2) is 22.3 Å². The van der Waals surface area contributed by atoms with Gasteiger partial charge >= 0.3 is 0 Å². The lowest BCUT2D eigenvalue weighted by Crippen LogP contribution is -2.20. The van der Waals surface area contributed by atoms with Crippen LogP contribution in [0, 0.1) is 5.82 Å². The number of nitrogens with zero attached hydrogens (tertiary/aromatic N) is 2. The molecule has 3 aromatic rings. The minimum Gasteiger partial charge on any atom is -0.272 e. The van der Waals surface area contributed by atoms with E-state index in [4.69, 9.17) is 0 Å². The molecule has 1 aliphatic rings. The first-order valence-electron chi connectivity index (χ1n) is 7.97. The molecule has 0 atom stereocenters. The summed E-state index contributed by atoms with van der Waals surface area (Å²) in [6, 6.07) is 13.9. The maximum atomic E-state index is 12.9. The van der Waals surface area contributed by atoms with Crippen LogP contribution in [0.1, 0.15) is 27.2 Å². The standard InChI is InChI=1S/C19H15FN4O/c20-14-8-5-12(6-9-14)11-21-24-19(25)18-16-10-7-13-3-1-2-4-15(13)17(16)22-23-18/h1-6,8-9,11H,7,10H2,(H,22,23)(H,24,25)/b21-11+. The molecule has 0 bridgehead atoms. The zero-order valence-corrected chi connectivity index (χ0v) is 13.3. The van der Waals surface area contributed by atoms with Crippen LogP contribution in [0.25, 0.3) is 11.3 Å². The van der Waals surface area contributed by atoms with Gasteiger partial charge in [-0.3, -0.25) is 9.89 Å². The summed E-state index contributed by atoms with van der Waals surface area (Å²) in [5, 5.41) is 11.1. The summed E-state index contributed by atoms with van der Waals surface area (Å²) in [6.07, 6.45) is 3.10. The van der Waals surface area contributed by atoms with E-state index in [2.05, 4.69) is 26.8 Å². The SMILES string of the molecule is O=C(N/N=C/c1ccc(F)cc1)c1[nH]nc2c1CCc1ccccc1-2. The normalized spacial score (nSPS) is 12.7. The van der Waals surface area contributed by atoms with Crippen molar-refractivity contribution in [2.24, 2.45) is 5.10 Å². The maximum absolute atomic E-state index is 12.9. The Morgan fingerprint density at radius 1 is 1.16 bits per heavy atom. The van der Waals surface area contributed by atoms with Crippen molar-refractivity contribution in [3.63, 3.8) is 0 Å². The molecule has 4 rings (SSSR count). The number of halogens is 1. The molecule has 0 spiro atoms. The van der Waals surface area contributed by atoms with Crippen molar-refractivity contribution in [2.45, 2.75) is 12.8 Å². The third-order valence-electron chi connectivity index (χ3n) is 4.26. The van der Waals surface area contributed by atoms with Gasteiger partial charge in [-0.15, -0.1) is 0 Å². The molecule has 1 amide bonds. The fraction of sp³-hybridized carbons (Fsp3) is 0.105. The van der Waals surface area contributed by atoms with Crippen LogP contribution in [0.4, 0.5) is 4.39 Å². The highest BCUT2D eigenvalue weighted by Gasteiger charge is 2.24. The van der Waals surface area contributed by atoms with Crippen molar-refractivity contribution in [3.05, 3.63) is 76.7 Å². The summed E-state index contributed by atoms with van der Waals surface area (Å²) >= 11 is 0. The molecule has 124 valence electrons. The number of carbonyl (C=O) groups excluding carboxylic acids is 1. The van der Waals surface area contributed by atoms with Crippen molar-refractivity contribution in [1.82, 2.24) is 15.6 Å². The van der Waals surface area contributed by atoms with E-state index >= 15 is 0 Å². The van der Waals surface area contributed by atoms with Crippen molar-refractivity contribution in [2.75, 3.05) is 0 Å². The molecule has 0 fully saturated rings. The molecule has 1 aliphatic carbocycles. The molecule has 1 aromatic heterocycles. The Balaban J connectivity index is 1.53. The number of aromatic nitrogens is 2. The number of benzene rings is 2. The van der Waals surface area contributed by atoms with Crippen molar-refractivity contribution < 1.29 is 9.18 Å². The largest absolute Gasteiger partial charge is 0.289 e. The predicted molar refractivity (Wildman–Crippen MR) is 92.9 cm³/mol. The Morgan fingerprint density at radius 2 is 1.96 bits per heavy atom. The quantitative estimate of drug-likeness (QED) is 0.571. The summed E-state index contributed by atoms with van der Waals surface area (Å²) in [7, 11) is 0. The van der Waals surface area contributed by atoms with Gasteiger partial charge in [0.25, 0.3) is 5.91 Å². The van der Waals surface area contributed by atoms with Crippen LogP contribution in [0.15, 0.2) is 53.6 Å². The topological polar surface area (TPSA) is 70.1 Å². The molecule has 6 heteroatoms. The lowest BCUT2D eigenvalue weighted by atomic mass is 9.89. The van der Waals surface area contributed by atoms with Crippen LogP contribution in [-0.2, 0) is 12.8 Å². The molecule has 0 saturated heterocycles. The number of aryl methyl sites for hydroxylation is 1. The highest BCUT2D eigenvalue weighted by atomic mass is 19.1. The van der Waals surface area contributed by atoms with E-state index in [0.717, 1.165) is 29.7 Å². The average Bonchev–Trinajstić information content (AvgIpc) is 3.08. The van der Waals surface area contributed by atoms with Gasteiger partial charge in [0.05, 0.1) is 11.9 Å². The molecule has 0 radical (unpaired) electrons. The molecular formula is C19H15FN4O. The lowest BCUT2D eigenvalue weighted by molar-refractivity contribution is 0.0949. The molecular weight excluding hydrogens is 319 g/mol. The number of hydrogen-bond acceptors (Lipinski definition) is 3. The van der Waals surface area contributed by atoms with Gasteiger partial charge in [-0.05, 0) is 36.1 Å². The molecule has 0 aliphatic heterocycles. The predicted octanol–water partition coefficient (Wildman–Crippen LogP) is 3.08. The Hall–Kier alpha value is -3.28. The second kappa shape index (κ2) is 6.32. The van der Waals surface area contributed by atoms with Gasteiger partial charge < -0.3 is 0 Å². The van der Waals surface area contributed by atoms with E-state index in [9.17, 15) is 9.18 Å². The zero-order valence-electron chi connectivity index (χ0n) is 13.3. The third-order valence-corrected chi connectivity index (χ3v) is 4.26. The van der Waals surface area contributed by atoms with E-state index in [1.165, 1.54) is 23.9 Å². The summed E-state index contributed by atoms with van der Waals surface area (Å²) in [5.41, 5.74) is 7.66. The minimum atomic E-state index is -0.341. The Labute approximate surface area is 143 Å². The number of amides is 1. The number of H-pyrrole nitrogens is 1. The third kappa shape index (κ3) is 2.94. The van der Waals surface area contributed by atoms with Gasteiger partial charge in [0.2, 0.25) is 0 Å². The van der Waals surface area contributed by atoms with Gasteiger partial charge in [0.15, 0.2) is 0 Å². The monoisotopic (exact) mass is 334 g/mol. The van der Waals surface area contributed by atoms with E-state index < -0.39 is 0 Å². The number of carbonyl (C=O) groups is 1. The molecule has 25 heavy (non-hydrogen) atoms. The fourth-order valence-corrected chi connectivity index (χ4v) is 3.02. The smallest absolute Gasteiger partial charge is 0.272 e. The molecule has 0 unspecified atom stereocenters. The highest BCUT2D eigenvalue weighted by molar-refractivity contribution is 5.96. The molecule has 5 nitrogen and oxygen atoms in total. The van der Waals surface area contributed by atoms with Crippen LogP contribution in [0.2, 0.25) is 0 Å². The zero-order chi connectivity index (χ0) is 17.2. The van der Waals surface area contributed by atoms with E-state index in [1.54, 1.807) is 12.1 Å². The van der Waals surface area contributed by atoms with Crippen molar-refractivity contribution in [1.29, 1.82) is 0 Å². The molecule has 1 heterocycles. The van der Waals surface area contributed by atoms with Crippen LogP contribution in [0.5, 0.6) is 0 Å². The van der Waals surface area contributed by atoms with Crippen LogP contribution >= 0.6 is 0 Å². The molecule has 2 aromatic carbocycles. The van der Waals surface area contributed by atoms with E-state index in [1.807, 2.05) is 18.2 Å². The summed E-state index contributed by atoms with van der Waals surface area (Å²) in [4.78, 5) is 12.4. The first-order valence-corrected chi connectivity index (χ1v) is 7.97. The van der Waals surface area contributed by atoms with Crippen molar-refractivity contribution >= 4 is 12.1 Å². The van der Waals surface area contributed by atoms with Crippen LogP contribution in [0.3, 0.4) is 0 Å². The minimum absolute atomic E-state index is 0.314. The summed E-state index contributed by atoms with van der Waals surface area (Å²) < 4.78 is 12.9. The molecule has 2 N–H and O–H groups in total. The number of fused-ring (bicyclic) bond motifs is 3. The molecule has 0 saturated carbocycles. The summed E-state index contributed by atoms with van der Waals surface area (Å²) in [6.45, 7) is 0. The Kier molecular flexibility index (Phi) is 3.85. The second-order valence-corrected chi connectivity index (χ2v) is 5.83. The lowest BCUT2D eigenvalue weighted by Gasteiger charge is -2.15. The highest BCUT2D eigenvalue weighted by Crippen LogP contribution is 2.33. The first kappa shape index (κ1) is 15.3. The fourth-order valence-electron chi connectivity index (χ4n) is 3.02. The summed E-state index contributed by atoms with van der Waals surface area (Å²) in [5.74, 6) is -0.656. The van der Waals surface area contributed by atoms with Gasteiger partial charge in [-0.25, -0.2) is 9.82 Å². The Morgan fingerprint density at radius 3 is 2.80 bits per heavy atom. The number of nitrogens with one attached hydrogen (secondary N) is 2. The number of hydrogen-bond donors (Lipinski definition) is 2. The van der Waals surface area contributed by atoms with Crippen molar-refractivity contribution in [3.8, 4) is 11.3 Å². The van der Waals surface area contributed by atoms with E-state index in [-0.39, 0.29) is 11.7 Å². The van der Waals surface area contributed by atoms with Gasteiger partial charge in [-0.1, -0.05) is 36.4 Å². The number of aromatic amines is 1. The van der Waals surface area contributed by atoms with Crippen LogP contribution < -0.4 is 5.43 Å². The van der Waals surface area contributed by atoms with Gasteiger partial charge in [0.1, 0.15) is 11.5 Å². The number of rotatable bonds is 3.